The molecule has 2 nitrogen and oxygen atoms in total. The van der Waals surface area contributed by atoms with Crippen molar-refractivity contribution in [3.8, 4) is 0 Å². The summed E-state index contributed by atoms with van der Waals surface area (Å²) in [5.74, 6) is 0. The second-order valence-corrected chi connectivity index (χ2v) is 7.06. The first-order valence-corrected chi connectivity index (χ1v) is 8.96. The molecule has 2 aromatic rings. The number of nitrogens with one attached hydrogen (secondary N) is 2. The standard InChI is InChI=1S/C16H21ClN2S/c1-20-16-5-3-2-4-14(16)18-9-11-10-19-15-8-12(17)6-7-13(11)15/h6-8,10,14,16,18-19H,2-5,9H2,1H3. The third kappa shape index (κ3) is 3.00. The van der Waals surface area contributed by atoms with E-state index in [0.29, 0.717) is 6.04 Å². The number of aromatic amines is 1. The molecule has 0 saturated heterocycles. The van der Waals surface area contributed by atoms with Crippen LogP contribution in [0.1, 0.15) is 31.2 Å². The fraction of sp³-hybridized carbons (Fsp3) is 0.500. The summed E-state index contributed by atoms with van der Waals surface area (Å²) in [6.07, 6.45) is 9.73. The summed E-state index contributed by atoms with van der Waals surface area (Å²) >= 11 is 8.04. The molecule has 2 N–H and O–H groups in total. The summed E-state index contributed by atoms with van der Waals surface area (Å²) in [7, 11) is 0. The van der Waals surface area contributed by atoms with Gasteiger partial charge in [0.15, 0.2) is 0 Å². The van der Waals surface area contributed by atoms with Crippen LogP contribution >= 0.6 is 23.4 Å². The van der Waals surface area contributed by atoms with Crippen LogP contribution in [0.2, 0.25) is 5.02 Å². The summed E-state index contributed by atoms with van der Waals surface area (Å²) in [6.45, 7) is 0.934. The summed E-state index contributed by atoms with van der Waals surface area (Å²) in [5.41, 5.74) is 2.46. The Morgan fingerprint density at radius 3 is 3.05 bits per heavy atom. The summed E-state index contributed by atoms with van der Waals surface area (Å²) in [6, 6.07) is 6.71. The van der Waals surface area contributed by atoms with Gasteiger partial charge in [0.05, 0.1) is 0 Å². The third-order valence-corrected chi connectivity index (χ3v) is 5.69. The van der Waals surface area contributed by atoms with Crippen LogP contribution in [0, 0.1) is 0 Å². The van der Waals surface area contributed by atoms with Crippen molar-refractivity contribution in [1.29, 1.82) is 0 Å². The molecule has 1 fully saturated rings. The van der Waals surface area contributed by atoms with Crippen LogP contribution in [-0.2, 0) is 6.54 Å². The van der Waals surface area contributed by atoms with Gasteiger partial charge in [-0.05, 0) is 36.8 Å². The topological polar surface area (TPSA) is 27.8 Å². The Labute approximate surface area is 129 Å². The molecular weight excluding hydrogens is 288 g/mol. The number of halogens is 1. The second-order valence-electron chi connectivity index (χ2n) is 5.55. The van der Waals surface area contributed by atoms with Gasteiger partial charge in [-0.2, -0.15) is 11.8 Å². The minimum absolute atomic E-state index is 0.649. The SMILES string of the molecule is CSC1CCCCC1NCc1c[nH]c2cc(Cl)ccc12. The summed E-state index contributed by atoms with van der Waals surface area (Å²) < 4.78 is 0. The Bertz CT molecular complexity index is 581. The Kier molecular flexibility index (Phi) is 4.59. The molecular formula is C16H21ClN2S. The lowest BCUT2D eigenvalue weighted by Gasteiger charge is -2.31. The van der Waals surface area contributed by atoms with Crippen molar-refractivity contribution in [2.45, 2.75) is 43.5 Å². The third-order valence-electron chi connectivity index (χ3n) is 4.29. The van der Waals surface area contributed by atoms with Crippen LogP contribution in [0.25, 0.3) is 10.9 Å². The van der Waals surface area contributed by atoms with Gasteiger partial charge >= 0.3 is 0 Å². The van der Waals surface area contributed by atoms with Gasteiger partial charge in [-0.15, -0.1) is 0 Å². The molecule has 1 aromatic carbocycles. The highest BCUT2D eigenvalue weighted by Gasteiger charge is 2.23. The molecule has 1 saturated carbocycles. The van der Waals surface area contributed by atoms with Crippen molar-refractivity contribution in [1.82, 2.24) is 10.3 Å². The van der Waals surface area contributed by atoms with E-state index in [1.54, 1.807) is 0 Å². The van der Waals surface area contributed by atoms with E-state index in [2.05, 4.69) is 28.8 Å². The molecule has 1 heterocycles. The molecule has 4 heteroatoms. The predicted molar refractivity (Wildman–Crippen MR) is 89.7 cm³/mol. The fourth-order valence-electron chi connectivity index (χ4n) is 3.16. The summed E-state index contributed by atoms with van der Waals surface area (Å²) in [5, 5.41) is 6.59. The van der Waals surface area contributed by atoms with E-state index in [1.807, 2.05) is 23.9 Å². The van der Waals surface area contributed by atoms with Crippen LogP contribution in [0.4, 0.5) is 0 Å². The van der Waals surface area contributed by atoms with Crippen LogP contribution < -0.4 is 5.32 Å². The minimum atomic E-state index is 0.649. The molecule has 0 amide bonds. The van der Waals surface area contributed by atoms with Crippen LogP contribution in [0.5, 0.6) is 0 Å². The first-order chi connectivity index (χ1) is 9.78. The first-order valence-electron chi connectivity index (χ1n) is 7.29. The molecule has 1 aliphatic rings. The highest BCUT2D eigenvalue weighted by atomic mass is 35.5. The molecule has 0 bridgehead atoms. The number of fused-ring (bicyclic) bond motifs is 1. The zero-order chi connectivity index (χ0) is 13.9. The van der Waals surface area contributed by atoms with Crippen molar-refractivity contribution >= 4 is 34.3 Å². The van der Waals surface area contributed by atoms with Crippen LogP contribution in [-0.4, -0.2) is 22.5 Å². The molecule has 0 spiro atoms. The van der Waals surface area contributed by atoms with Gasteiger partial charge in [0.25, 0.3) is 0 Å². The van der Waals surface area contributed by atoms with E-state index in [9.17, 15) is 0 Å². The van der Waals surface area contributed by atoms with E-state index in [-0.39, 0.29) is 0 Å². The molecule has 20 heavy (non-hydrogen) atoms. The van der Waals surface area contributed by atoms with Gasteiger partial charge in [0.1, 0.15) is 0 Å². The van der Waals surface area contributed by atoms with E-state index in [4.69, 9.17) is 11.6 Å². The van der Waals surface area contributed by atoms with Crippen molar-refractivity contribution in [2.24, 2.45) is 0 Å². The molecule has 1 aromatic heterocycles. The monoisotopic (exact) mass is 308 g/mol. The molecule has 3 rings (SSSR count). The van der Waals surface area contributed by atoms with Gasteiger partial charge in [0, 0.05) is 40.0 Å². The molecule has 108 valence electrons. The Morgan fingerprint density at radius 2 is 2.20 bits per heavy atom. The van der Waals surface area contributed by atoms with Gasteiger partial charge in [-0.25, -0.2) is 0 Å². The summed E-state index contributed by atoms with van der Waals surface area (Å²) in [4.78, 5) is 3.31. The largest absolute Gasteiger partial charge is 0.361 e. The van der Waals surface area contributed by atoms with E-state index >= 15 is 0 Å². The highest BCUT2D eigenvalue weighted by Crippen LogP contribution is 2.28. The number of H-pyrrole nitrogens is 1. The van der Waals surface area contributed by atoms with Crippen molar-refractivity contribution in [3.63, 3.8) is 0 Å². The van der Waals surface area contributed by atoms with Crippen LogP contribution in [0.15, 0.2) is 24.4 Å². The lowest BCUT2D eigenvalue weighted by Crippen LogP contribution is -2.39. The molecule has 1 aliphatic carbocycles. The first kappa shape index (κ1) is 14.3. The zero-order valence-electron chi connectivity index (χ0n) is 11.8. The Balaban J connectivity index is 1.70. The Morgan fingerprint density at radius 1 is 1.35 bits per heavy atom. The fourth-order valence-corrected chi connectivity index (χ4v) is 4.29. The normalized spacial score (nSPS) is 23.3. The van der Waals surface area contributed by atoms with Crippen molar-refractivity contribution < 1.29 is 0 Å². The predicted octanol–water partition coefficient (Wildman–Crippen LogP) is 4.59. The molecule has 0 aliphatic heterocycles. The van der Waals surface area contributed by atoms with Crippen molar-refractivity contribution in [3.05, 3.63) is 35.0 Å². The van der Waals surface area contributed by atoms with E-state index in [1.165, 1.54) is 36.6 Å². The maximum Gasteiger partial charge on any atom is 0.0472 e. The van der Waals surface area contributed by atoms with Crippen molar-refractivity contribution in [2.75, 3.05) is 6.26 Å². The molecule has 2 unspecified atom stereocenters. The number of aromatic nitrogens is 1. The number of thioether (sulfide) groups is 1. The highest BCUT2D eigenvalue weighted by molar-refractivity contribution is 7.99. The van der Waals surface area contributed by atoms with Gasteiger partial charge in [0.2, 0.25) is 0 Å². The quantitative estimate of drug-likeness (QED) is 0.865. The lowest BCUT2D eigenvalue weighted by molar-refractivity contribution is 0.383. The second kappa shape index (κ2) is 6.42. The average Bonchev–Trinajstić information content (AvgIpc) is 2.87. The minimum Gasteiger partial charge on any atom is -0.361 e. The number of rotatable bonds is 4. The molecule has 0 radical (unpaired) electrons. The maximum atomic E-state index is 6.03. The van der Waals surface area contributed by atoms with Gasteiger partial charge in [-0.1, -0.05) is 30.5 Å². The molecule has 2 atom stereocenters. The smallest absolute Gasteiger partial charge is 0.0472 e. The van der Waals surface area contributed by atoms with E-state index < -0.39 is 0 Å². The number of benzene rings is 1. The van der Waals surface area contributed by atoms with Gasteiger partial charge in [-0.3, -0.25) is 0 Å². The number of hydrogen-bond acceptors (Lipinski definition) is 2. The number of hydrogen-bond donors (Lipinski definition) is 2. The lowest BCUT2D eigenvalue weighted by atomic mass is 9.94. The van der Waals surface area contributed by atoms with Crippen LogP contribution in [0.3, 0.4) is 0 Å². The maximum absolute atomic E-state index is 6.03. The Hall–Kier alpha value is -0.640. The average molecular weight is 309 g/mol. The van der Waals surface area contributed by atoms with E-state index in [0.717, 1.165) is 22.3 Å². The zero-order valence-corrected chi connectivity index (χ0v) is 13.4. The van der Waals surface area contributed by atoms with Gasteiger partial charge < -0.3 is 10.3 Å².